The molecular weight excluding hydrogens is 480 g/mol. The van der Waals surface area contributed by atoms with E-state index in [9.17, 15) is 9.59 Å². The number of aromatic amines is 1. The third-order valence-electron chi connectivity index (χ3n) is 7.06. The molecule has 3 aliphatic heterocycles. The van der Waals surface area contributed by atoms with Crippen LogP contribution in [0.15, 0.2) is 30.5 Å². The molecule has 0 aliphatic carbocycles. The van der Waals surface area contributed by atoms with Gasteiger partial charge in [0, 0.05) is 29.9 Å². The largest absolute Gasteiger partial charge is 0.467 e. The van der Waals surface area contributed by atoms with Gasteiger partial charge >= 0.3 is 5.97 Å². The molecule has 10 heteroatoms. The molecule has 3 aliphatic rings. The standard InChI is InChI=1S/C27H36N2O8/c1-26(2)34-21-19(33-25-23(22(21)35-26)36-27(3,4)37-25)11-8-12-20(30)29-18(24(31)32-5)13-15-14-28-17-10-7-6-9-16(15)17/h6-7,9-10,14,18-19,21-23,25,28H,8,11-13H2,1-5H3,(H,29,30)/t18-,19?,21-,22-,23+,25+/m0/s1. The quantitative estimate of drug-likeness (QED) is 0.515. The van der Waals surface area contributed by atoms with Crippen molar-refractivity contribution < 1.29 is 38.0 Å². The number of esters is 1. The summed E-state index contributed by atoms with van der Waals surface area (Å²) in [5, 5.41) is 3.86. The number of fused-ring (bicyclic) bond motifs is 4. The fraction of sp³-hybridized carbons (Fsp3) is 0.630. The number of carbonyl (C=O) groups is 2. The van der Waals surface area contributed by atoms with E-state index in [2.05, 4.69) is 10.3 Å². The van der Waals surface area contributed by atoms with Gasteiger partial charge in [-0.25, -0.2) is 4.79 Å². The minimum atomic E-state index is -0.786. The number of H-pyrrole nitrogens is 1. The van der Waals surface area contributed by atoms with Crippen LogP contribution in [-0.4, -0.2) is 72.3 Å². The number of benzene rings is 1. The molecule has 0 saturated carbocycles. The van der Waals surface area contributed by atoms with E-state index in [4.69, 9.17) is 28.4 Å². The minimum absolute atomic E-state index is 0.222. The van der Waals surface area contributed by atoms with Crippen LogP contribution in [0.3, 0.4) is 0 Å². The van der Waals surface area contributed by atoms with Crippen molar-refractivity contribution in [2.24, 2.45) is 0 Å². The molecule has 1 aromatic heterocycles. The first-order chi connectivity index (χ1) is 17.5. The molecule has 37 heavy (non-hydrogen) atoms. The van der Waals surface area contributed by atoms with Crippen molar-refractivity contribution >= 4 is 22.8 Å². The Morgan fingerprint density at radius 2 is 1.73 bits per heavy atom. The summed E-state index contributed by atoms with van der Waals surface area (Å²) in [5.41, 5.74) is 1.91. The van der Waals surface area contributed by atoms with Crippen LogP contribution in [0.2, 0.25) is 0 Å². The molecule has 2 aromatic rings. The average molecular weight is 517 g/mol. The summed E-state index contributed by atoms with van der Waals surface area (Å²) in [4.78, 5) is 28.5. The summed E-state index contributed by atoms with van der Waals surface area (Å²) in [7, 11) is 1.32. The maximum absolute atomic E-state index is 12.8. The zero-order chi connectivity index (χ0) is 26.4. The van der Waals surface area contributed by atoms with Gasteiger partial charge in [-0.3, -0.25) is 4.79 Å². The number of amides is 1. The van der Waals surface area contributed by atoms with Crippen molar-refractivity contribution in [3.05, 3.63) is 36.0 Å². The van der Waals surface area contributed by atoms with Crippen LogP contribution in [0.25, 0.3) is 10.9 Å². The average Bonchev–Trinajstić information content (AvgIpc) is 3.49. The van der Waals surface area contributed by atoms with Gasteiger partial charge in [0.25, 0.3) is 0 Å². The Bertz CT molecular complexity index is 1140. The fourth-order valence-electron chi connectivity index (χ4n) is 5.51. The molecule has 3 saturated heterocycles. The first-order valence-corrected chi connectivity index (χ1v) is 12.8. The molecule has 6 atom stereocenters. The zero-order valence-electron chi connectivity index (χ0n) is 21.9. The molecule has 1 amide bonds. The Kier molecular flexibility index (Phi) is 7.06. The van der Waals surface area contributed by atoms with Gasteiger partial charge in [-0.2, -0.15) is 0 Å². The van der Waals surface area contributed by atoms with Crippen molar-refractivity contribution in [1.29, 1.82) is 0 Å². The lowest BCUT2D eigenvalue weighted by Gasteiger charge is -2.37. The summed E-state index contributed by atoms with van der Waals surface area (Å²) >= 11 is 0. The normalized spacial score (nSPS) is 30.5. The SMILES string of the molecule is COC(=O)[C@H](Cc1c[nH]c2ccccc12)NC(=O)CCCC1O[C@@H]2OC(C)(C)O[C@@H]2[C@H]2OC(C)(C)O[C@@H]12. The van der Waals surface area contributed by atoms with E-state index < -0.39 is 29.9 Å². The summed E-state index contributed by atoms with van der Waals surface area (Å²) in [6.45, 7) is 7.43. The van der Waals surface area contributed by atoms with Crippen LogP contribution in [-0.2, 0) is 44.4 Å². The summed E-state index contributed by atoms with van der Waals surface area (Å²) in [6, 6.07) is 7.04. The molecule has 2 N–H and O–H groups in total. The van der Waals surface area contributed by atoms with E-state index in [0.29, 0.717) is 19.3 Å². The number of para-hydroxylation sites is 1. The Hall–Kier alpha value is -2.50. The zero-order valence-corrected chi connectivity index (χ0v) is 21.9. The first kappa shape index (κ1) is 26.1. The molecule has 3 fully saturated rings. The molecule has 0 bridgehead atoms. The highest BCUT2D eigenvalue weighted by atomic mass is 16.9. The lowest BCUT2D eigenvalue weighted by Crippen LogP contribution is -2.54. The van der Waals surface area contributed by atoms with Crippen LogP contribution in [0.1, 0.15) is 52.5 Å². The van der Waals surface area contributed by atoms with Gasteiger partial charge in [-0.15, -0.1) is 0 Å². The summed E-state index contributed by atoms with van der Waals surface area (Å²) in [5.74, 6) is -2.26. The van der Waals surface area contributed by atoms with Crippen molar-refractivity contribution in [2.45, 2.75) is 102 Å². The third kappa shape index (κ3) is 5.53. The smallest absolute Gasteiger partial charge is 0.328 e. The second kappa shape index (κ2) is 9.99. The number of ether oxygens (including phenoxy) is 6. The lowest BCUT2D eigenvalue weighted by molar-refractivity contribution is -0.235. The third-order valence-corrected chi connectivity index (χ3v) is 7.06. The Labute approximate surface area is 216 Å². The van der Waals surface area contributed by atoms with Gasteiger partial charge in [0.05, 0.1) is 13.2 Å². The highest BCUT2D eigenvalue weighted by molar-refractivity contribution is 5.87. The van der Waals surface area contributed by atoms with E-state index in [-0.39, 0.29) is 36.7 Å². The highest BCUT2D eigenvalue weighted by Gasteiger charge is 2.60. The summed E-state index contributed by atoms with van der Waals surface area (Å²) < 4.78 is 35.5. The number of nitrogens with one attached hydrogen (secondary N) is 2. The predicted molar refractivity (Wildman–Crippen MR) is 132 cm³/mol. The molecular formula is C27H36N2O8. The van der Waals surface area contributed by atoms with Crippen LogP contribution in [0, 0.1) is 0 Å². The Morgan fingerprint density at radius 1 is 1.03 bits per heavy atom. The summed E-state index contributed by atoms with van der Waals surface area (Å²) in [6.07, 6.45) is 1.58. The van der Waals surface area contributed by atoms with E-state index in [0.717, 1.165) is 16.5 Å². The molecule has 1 aromatic carbocycles. The van der Waals surface area contributed by atoms with Gasteiger partial charge in [0.15, 0.2) is 17.9 Å². The Balaban J connectivity index is 1.18. The molecule has 0 spiro atoms. The van der Waals surface area contributed by atoms with Crippen LogP contribution >= 0.6 is 0 Å². The van der Waals surface area contributed by atoms with Crippen LogP contribution in [0.4, 0.5) is 0 Å². The van der Waals surface area contributed by atoms with Crippen LogP contribution < -0.4 is 5.32 Å². The first-order valence-electron chi connectivity index (χ1n) is 12.8. The maximum Gasteiger partial charge on any atom is 0.328 e. The molecule has 5 rings (SSSR count). The van der Waals surface area contributed by atoms with Gasteiger partial charge in [-0.1, -0.05) is 18.2 Å². The van der Waals surface area contributed by atoms with Gasteiger partial charge in [0.2, 0.25) is 5.91 Å². The van der Waals surface area contributed by atoms with Crippen molar-refractivity contribution in [3.8, 4) is 0 Å². The topological polar surface area (TPSA) is 117 Å². The predicted octanol–water partition coefficient (Wildman–Crippen LogP) is 2.94. The van der Waals surface area contributed by atoms with Crippen molar-refractivity contribution in [3.63, 3.8) is 0 Å². The molecule has 1 unspecified atom stereocenters. The van der Waals surface area contributed by atoms with E-state index in [1.54, 1.807) is 0 Å². The number of hydrogen-bond acceptors (Lipinski definition) is 8. The number of hydrogen-bond donors (Lipinski definition) is 2. The minimum Gasteiger partial charge on any atom is -0.467 e. The second-order valence-electron chi connectivity index (χ2n) is 10.8. The van der Waals surface area contributed by atoms with E-state index in [1.807, 2.05) is 58.2 Å². The van der Waals surface area contributed by atoms with E-state index >= 15 is 0 Å². The van der Waals surface area contributed by atoms with Gasteiger partial charge in [0.1, 0.15) is 24.4 Å². The molecule has 4 heterocycles. The van der Waals surface area contributed by atoms with E-state index in [1.165, 1.54) is 7.11 Å². The number of aromatic nitrogens is 1. The van der Waals surface area contributed by atoms with Crippen LogP contribution in [0.5, 0.6) is 0 Å². The molecule has 10 nitrogen and oxygen atoms in total. The number of rotatable bonds is 8. The number of carbonyl (C=O) groups excluding carboxylic acids is 2. The van der Waals surface area contributed by atoms with Crippen molar-refractivity contribution in [1.82, 2.24) is 10.3 Å². The highest BCUT2D eigenvalue weighted by Crippen LogP contribution is 2.44. The second-order valence-corrected chi connectivity index (χ2v) is 10.8. The Morgan fingerprint density at radius 3 is 2.51 bits per heavy atom. The van der Waals surface area contributed by atoms with Gasteiger partial charge < -0.3 is 38.7 Å². The molecule has 202 valence electrons. The monoisotopic (exact) mass is 516 g/mol. The van der Waals surface area contributed by atoms with Crippen molar-refractivity contribution in [2.75, 3.05) is 7.11 Å². The fourth-order valence-corrected chi connectivity index (χ4v) is 5.51. The maximum atomic E-state index is 12.8. The van der Waals surface area contributed by atoms with Gasteiger partial charge in [-0.05, 0) is 52.2 Å². The molecule has 0 radical (unpaired) electrons. The number of methoxy groups -OCH3 is 1. The lowest BCUT2D eigenvalue weighted by atomic mass is 9.95.